The van der Waals surface area contributed by atoms with Gasteiger partial charge in [0.1, 0.15) is 0 Å². The SMILES string of the molecule is Cc1ccccc1N(CCCC(=O)NC[C@@H](C)c1ccccc1)S(C)(=O)=O. The highest BCUT2D eigenvalue weighted by molar-refractivity contribution is 7.92. The molecule has 2 rings (SSSR count). The molecule has 0 saturated carbocycles. The van der Waals surface area contributed by atoms with Crippen LogP contribution in [0, 0.1) is 6.92 Å². The van der Waals surface area contributed by atoms with E-state index in [0.29, 0.717) is 25.1 Å². The molecule has 0 spiro atoms. The molecule has 0 aliphatic rings. The normalized spacial score (nSPS) is 12.4. The van der Waals surface area contributed by atoms with Crippen LogP contribution < -0.4 is 9.62 Å². The average Bonchev–Trinajstić information content (AvgIpc) is 2.64. The number of nitrogens with one attached hydrogen (secondary N) is 1. The van der Waals surface area contributed by atoms with Crippen LogP contribution in [0.15, 0.2) is 54.6 Å². The van der Waals surface area contributed by atoms with E-state index in [1.165, 1.54) is 16.1 Å². The molecule has 0 saturated heterocycles. The fraction of sp³-hybridized carbons (Fsp3) is 0.381. The van der Waals surface area contributed by atoms with Gasteiger partial charge in [0.25, 0.3) is 0 Å². The molecule has 27 heavy (non-hydrogen) atoms. The lowest BCUT2D eigenvalue weighted by Crippen LogP contribution is -2.33. The molecule has 0 aromatic heterocycles. The summed E-state index contributed by atoms with van der Waals surface area (Å²) in [4.78, 5) is 12.1. The van der Waals surface area contributed by atoms with Crippen LogP contribution in [0.4, 0.5) is 5.69 Å². The summed E-state index contributed by atoms with van der Waals surface area (Å²) in [6, 6.07) is 17.4. The molecule has 5 nitrogen and oxygen atoms in total. The van der Waals surface area contributed by atoms with Gasteiger partial charge in [-0.25, -0.2) is 8.42 Å². The zero-order valence-electron chi connectivity index (χ0n) is 16.2. The highest BCUT2D eigenvalue weighted by atomic mass is 32.2. The van der Waals surface area contributed by atoms with Crippen LogP contribution in [0.5, 0.6) is 0 Å². The van der Waals surface area contributed by atoms with E-state index in [4.69, 9.17) is 0 Å². The lowest BCUT2D eigenvalue weighted by Gasteiger charge is -2.24. The van der Waals surface area contributed by atoms with Crippen molar-refractivity contribution in [1.29, 1.82) is 0 Å². The summed E-state index contributed by atoms with van der Waals surface area (Å²) in [5, 5.41) is 2.94. The molecule has 146 valence electrons. The Labute approximate surface area is 162 Å². The Balaban J connectivity index is 1.86. The smallest absolute Gasteiger partial charge is 0.232 e. The Morgan fingerprint density at radius 2 is 1.70 bits per heavy atom. The minimum Gasteiger partial charge on any atom is -0.356 e. The molecule has 0 bridgehead atoms. The van der Waals surface area contributed by atoms with Gasteiger partial charge in [0.15, 0.2) is 0 Å². The summed E-state index contributed by atoms with van der Waals surface area (Å²) in [7, 11) is -3.40. The van der Waals surface area contributed by atoms with Crippen LogP contribution >= 0.6 is 0 Å². The molecule has 1 N–H and O–H groups in total. The average molecular weight is 389 g/mol. The molecule has 6 heteroatoms. The number of para-hydroxylation sites is 1. The number of carbonyl (C=O) groups is 1. The topological polar surface area (TPSA) is 66.5 Å². The summed E-state index contributed by atoms with van der Waals surface area (Å²) >= 11 is 0. The molecule has 0 aliphatic carbocycles. The number of rotatable bonds is 9. The molecule has 0 heterocycles. The maximum Gasteiger partial charge on any atom is 0.232 e. The molecule has 1 atom stereocenters. The van der Waals surface area contributed by atoms with Gasteiger partial charge in [-0.2, -0.15) is 0 Å². The first kappa shape index (κ1) is 21.0. The summed E-state index contributed by atoms with van der Waals surface area (Å²) in [6.45, 7) is 4.80. The third-order valence-electron chi connectivity index (χ3n) is 4.52. The summed E-state index contributed by atoms with van der Waals surface area (Å²) in [5.41, 5.74) is 2.74. The van der Waals surface area contributed by atoms with E-state index in [1.54, 1.807) is 6.07 Å². The molecule has 0 fully saturated rings. The van der Waals surface area contributed by atoms with Crippen molar-refractivity contribution in [3.8, 4) is 0 Å². The van der Waals surface area contributed by atoms with Gasteiger partial charge in [0.2, 0.25) is 15.9 Å². The minimum absolute atomic E-state index is 0.0592. The van der Waals surface area contributed by atoms with Crippen molar-refractivity contribution in [2.45, 2.75) is 32.6 Å². The van der Waals surface area contributed by atoms with Gasteiger partial charge in [-0.15, -0.1) is 0 Å². The van der Waals surface area contributed by atoms with Crippen molar-refractivity contribution in [3.05, 3.63) is 65.7 Å². The molecule has 2 aromatic rings. The quantitative estimate of drug-likeness (QED) is 0.715. The lowest BCUT2D eigenvalue weighted by atomic mass is 10.0. The second-order valence-corrected chi connectivity index (χ2v) is 8.75. The van der Waals surface area contributed by atoms with E-state index < -0.39 is 10.0 Å². The molecule has 0 aliphatic heterocycles. The predicted molar refractivity (Wildman–Crippen MR) is 110 cm³/mol. The first-order valence-electron chi connectivity index (χ1n) is 9.14. The number of aryl methyl sites for hydroxylation is 1. The van der Waals surface area contributed by atoms with Gasteiger partial charge in [-0.3, -0.25) is 9.10 Å². The van der Waals surface area contributed by atoms with Crippen LogP contribution in [-0.4, -0.2) is 33.7 Å². The Hall–Kier alpha value is -2.34. The van der Waals surface area contributed by atoms with Crippen LogP contribution in [-0.2, 0) is 14.8 Å². The van der Waals surface area contributed by atoms with Crippen molar-refractivity contribution >= 4 is 21.6 Å². The summed E-state index contributed by atoms with van der Waals surface area (Å²) < 4.78 is 25.7. The third kappa shape index (κ3) is 6.40. The van der Waals surface area contributed by atoms with E-state index in [-0.39, 0.29) is 18.4 Å². The fourth-order valence-electron chi connectivity index (χ4n) is 2.95. The standard InChI is InChI=1S/C21H28N2O3S/c1-17-10-7-8-13-20(17)23(27(3,25)26)15-9-14-21(24)22-16-18(2)19-11-5-4-6-12-19/h4-8,10-13,18H,9,14-16H2,1-3H3,(H,22,24)/t18-/m1/s1. The van der Waals surface area contributed by atoms with E-state index in [1.807, 2.05) is 55.5 Å². The van der Waals surface area contributed by atoms with Crippen LogP contribution in [0.2, 0.25) is 0 Å². The number of anilines is 1. The van der Waals surface area contributed by atoms with E-state index in [2.05, 4.69) is 12.2 Å². The van der Waals surface area contributed by atoms with Gasteiger partial charge >= 0.3 is 0 Å². The van der Waals surface area contributed by atoms with E-state index >= 15 is 0 Å². The van der Waals surface area contributed by atoms with Crippen molar-refractivity contribution in [2.24, 2.45) is 0 Å². The number of benzene rings is 2. The molecule has 2 aromatic carbocycles. The first-order chi connectivity index (χ1) is 12.8. The van der Waals surface area contributed by atoms with Gasteiger partial charge in [-0.05, 0) is 36.5 Å². The molecular formula is C21H28N2O3S. The molecule has 0 unspecified atom stereocenters. The van der Waals surface area contributed by atoms with E-state index in [0.717, 1.165) is 5.56 Å². The Kier molecular flexibility index (Phi) is 7.42. The summed E-state index contributed by atoms with van der Waals surface area (Å²) in [6.07, 6.45) is 1.95. The van der Waals surface area contributed by atoms with E-state index in [9.17, 15) is 13.2 Å². The Morgan fingerprint density at radius 3 is 2.33 bits per heavy atom. The molecule has 1 amide bonds. The Bertz CT molecular complexity index is 851. The van der Waals surface area contributed by atoms with Crippen molar-refractivity contribution in [3.63, 3.8) is 0 Å². The largest absolute Gasteiger partial charge is 0.356 e. The van der Waals surface area contributed by atoms with Crippen molar-refractivity contribution < 1.29 is 13.2 Å². The highest BCUT2D eigenvalue weighted by Gasteiger charge is 2.19. The number of carbonyl (C=O) groups excluding carboxylic acids is 1. The van der Waals surface area contributed by atoms with Gasteiger partial charge in [0.05, 0.1) is 11.9 Å². The zero-order chi connectivity index (χ0) is 19.9. The Morgan fingerprint density at radius 1 is 1.07 bits per heavy atom. The number of nitrogens with zero attached hydrogens (tertiary/aromatic N) is 1. The highest BCUT2D eigenvalue weighted by Crippen LogP contribution is 2.22. The van der Waals surface area contributed by atoms with Crippen molar-refractivity contribution in [2.75, 3.05) is 23.7 Å². The maximum absolute atomic E-state index is 12.2. The summed E-state index contributed by atoms with van der Waals surface area (Å²) in [5.74, 6) is 0.172. The first-order valence-corrected chi connectivity index (χ1v) is 11.0. The van der Waals surface area contributed by atoms with Crippen molar-refractivity contribution in [1.82, 2.24) is 5.32 Å². The second kappa shape index (κ2) is 9.55. The lowest BCUT2D eigenvalue weighted by molar-refractivity contribution is -0.121. The van der Waals surface area contributed by atoms with Crippen LogP contribution in [0.25, 0.3) is 0 Å². The predicted octanol–water partition coefficient (Wildman–Crippen LogP) is 3.46. The van der Waals surface area contributed by atoms with Crippen LogP contribution in [0.1, 0.15) is 36.8 Å². The number of amides is 1. The maximum atomic E-state index is 12.2. The second-order valence-electron chi connectivity index (χ2n) is 6.84. The van der Waals surface area contributed by atoms with Crippen LogP contribution in [0.3, 0.4) is 0 Å². The van der Waals surface area contributed by atoms with Gasteiger partial charge < -0.3 is 5.32 Å². The number of sulfonamides is 1. The zero-order valence-corrected chi connectivity index (χ0v) is 17.0. The third-order valence-corrected chi connectivity index (χ3v) is 5.70. The number of hydrogen-bond donors (Lipinski definition) is 1. The monoisotopic (exact) mass is 388 g/mol. The number of hydrogen-bond acceptors (Lipinski definition) is 3. The minimum atomic E-state index is -3.40. The molecule has 0 radical (unpaired) electrons. The van der Waals surface area contributed by atoms with Gasteiger partial charge in [-0.1, -0.05) is 55.5 Å². The molecular weight excluding hydrogens is 360 g/mol. The fourth-order valence-corrected chi connectivity index (χ4v) is 3.97. The van der Waals surface area contributed by atoms with Gasteiger partial charge in [0, 0.05) is 19.5 Å².